The zero-order valence-electron chi connectivity index (χ0n) is 14.5. The Labute approximate surface area is 154 Å². The highest BCUT2D eigenvalue weighted by Crippen LogP contribution is 2.33. The molecule has 0 saturated heterocycles. The van der Waals surface area contributed by atoms with Gasteiger partial charge >= 0.3 is 6.18 Å². The van der Waals surface area contributed by atoms with Gasteiger partial charge in [0.1, 0.15) is 0 Å². The summed E-state index contributed by atoms with van der Waals surface area (Å²) >= 11 is 0. The molecule has 0 radical (unpaired) electrons. The molecule has 0 bridgehead atoms. The summed E-state index contributed by atoms with van der Waals surface area (Å²) in [5, 5.41) is 13.4. The van der Waals surface area contributed by atoms with E-state index in [1.165, 1.54) is 12.1 Å². The zero-order chi connectivity index (χ0) is 19.6. The lowest BCUT2D eigenvalue weighted by Gasteiger charge is -2.13. The number of carbonyl (C=O) groups is 1. The molecule has 0 aliphatic rings. The highest BCUT2D eigenvalue weighted by atomic mass is 19.4. The van der Waals surface area contributed by atoms with Gasteiger partial charge in [-0.1, -0.05) is 36.4 Å². The molecule has 27 heavy (non-hydrogen) atoms. The third-order valence-electron chi connectivity index (χ3n) is 4.32. The third-order valence-corrected chi connectivity index (χ3v) is 4.32. The summed E-state index contributed by atoms with van der Waals surface area (Å²) in [6.07, 6.45) is -4.37. The van der Waals surface area contributed by atoms with Gasteiger partial charge in [-0.25, -0.2) is 0 Å². The van der Waals surface area contributed by atoms with Gasteiger partial charge in [-0.2, -0.15) is 13.2 Å². The van der Waals surface area contributed by atoms with Crippen LogP contribution >= 0.6 is 0 Å². The van der Waals surface area contributed by atoms with Crippen LogP contribution in [0.15, 0.2) is 60.7 Å². The maximum absolute atomic E-state index is 12.8. The van der Waals surface area contributed by atoms with Crippen molar-refractivity contribution < 1.29 is 23.1 Å². The van der Waals surface area contributed by atoms with Crippen LogP contribution in [0.5, 0.6) is 0 Å². The van der Waals surface area contributed by atoms with E-state index >= 15 is 0 Å². The molecule has 2 N–H and O–H groups in total. The Kier molecular flexibility index (Phi) is 5.19. The van der Waals surface area contributed by atoms with Gasteiger partial charge < -0.3 is 10.4 Å². The molecular formula is C21H18F3NO2. The number of halogens is 3. The number of carbonyl (C=O) groups excluding carboxylic acids is 1. The lowest BCUT2D eigenvalue weighted by atomic mass is 9.96. The van der Waals surface area contributed by atoms with E-state index in [1.54, 1.807) is 31.2 Å². The minimum atomic E-state index is -4.37. The average Bonchev–Trinajstić information content (AvgIpc) is 2.66. The van der Waals surface area contributed by atoms with Crippen molar-refractivity contribution in [3.05, 3.63) is 71.8 Å². The van der Waals surface area contributed by atoms with Crippen molar-refractivity contribution in [1.29, 1.82) is 0 Å². The second-order valence-corrected chi connectivity index (χ2v) is 6.37. The predicted octanol–water partition coefficient (Wildman–Crippen LogP) is 4.64. The lowest BCUT2D eigenvalue weighted by Crippen LogP contribution is -2.34. The van der Waals surface area contributed by atoms with Crippen LogP contribution in [-0.4, -0.2) is 23.7 Å². The van der Waals surface area contributed by atoms with Gasteiger partial charge in [0, 0.05) is 11.6 Å². The van der Waals surface area contributed by atoms with Crippen molar-refractivity contribution in [1.82, 2.24) is 5.32 Å². The van der Waals surface area contributed by atoms with E-state index in [-0.39, 0.29) is 18.6 Å². The Morgan fingerprint density at radius 3 is 2.41 bits per heavy atom. The first-order valence-electron chi connectivity index (χ1n) is 8.41. The molecule has 3 nitrogen and oxygen atoms in total. The first-order chi connectivity index (χ1) is 12.8. The maximum atomic E-state index is 12.8. The summed E-state index contributed by atoms with van der Waals surface area (Å²) in [5.74, 6) is -0.293. The summed E-state index contributed by atoms with van der Waals surface area (Å²) in [7, 11) is 0. The highest BCUT2D eigenvalue weighted by Gasteiger charge is 2.30. The van der Waals surface area contributed by atoms with Crippen molar-refractivity contribution >= 4 is 16.7 Å². The number of aliphatic hydroxyl groups excluding tert-OH is 1. The number of aliphatic hydroxyl groups is 1. The normalized spacial score (nSPS) is 12.8. The second-order valence-electron chi connectivity index (χ2n) is 6.37. The maximum Gasteiger partial charge on any atom is 0.416 e. The van der Waals surface area contributed by atoms with Gasteiger partial charge in [0.2, 0.25) is 0 Å². The predicted molar refractivity (Wildman–Crippen MR) is 98.4 cm³/mol. The number of rotatable bonds is 4. The number of hydrogen-bond donors (Lipinski definition) is 2. The summed E-state index contributed by atoms with van der Waals surface area (Å²) in [6.45, 7) is 1.54. The van der Waals surface area contributed by atoms with Crippen LogP contribution in [0, 0.1) is 0 Å². The molecule has 0 heterocycles. The van der Waals surface area contributed by atoms with E-state index in [1.807, 2.05) is 12.1 Å². The summed E-state index contributed by atoms with van der Waals surface area (Å²) in [6, 6.07) is 15.3. The van der Waals surface area contributed by atoms with E-state index < -0.39 is 11.7 Å². The molecule has 0 saturated carbocycles. The van der Waals surface area contributed by atoms with Gasteiger partial charge in [-0.15, -0.1) is 0 Å². The summed E-state index contributed by atoms with van der Waals surface area (Å²) in [5.41, 5.74) is 1.22. The molecule has 3 aromatic carbocycles. The molecule has 0 aromatic heterocycles. The molecule has 6 heteroatoms. The van der Waals surface area contributed by atoms with Crippen molar-refractivity contribution in [2.45, 2.75) is 19.1 Å². The first-order valence-corrected chi connectivity index (χ1v) is 8.41. The molecule has 1 amide bonds. The quantitative estimate of drug-likeness (QED) is 0.700. The Morgan fingerprint density at radius 1 is 1.07 bits per heavy atom. The van der Waals surface area contributed by atoms with E-state index in [9.17, 15) is 18.0 Å². The number of nitrogens with one attached hydrogen (secondary N) is 1. The molecule has 0 aliphatic heterocycles. The number of hydrogen-bond acceptors (Lipinski definition) is 2. The molecule has 3 rings (SSSR count). The number of amides is 1. The fourth-order valence-corrected chi connectivity index (χ4v) is 2.87. The Hall–Kier alpha value is -2.86. The van der Waals surface area contributed by atoms with Crippen LogP contribution in [-0.2, 0) is 6.18 Å². The minimum absolute atomic E-state index is 0.155. The molecule has 0 aliphatic carbocycles. The zero-order valence-corrected chi connectivity index (χ0v) is 14.5. The van der Waals surface area contributed by atoms with Gasteiger partial charge in [0.15, 0.2) is 0 Å². The van der Waals surface area contributed by atoms with Crippen molar-refractivity contribution in [3.8, 4) is 11.1 Å². The van der Waals surface area contributed by atoms with E-state index in [0.717, 1.165) is 28.5 Å². The minimum Gasteiger partial charge on any atom is -0.394 e. The van der Waals surface area contributed by atoms with Crippen molar-refractivity contribution in [3.63, 3.8) is 0 Å². The Balaban J connectivity index is 1.97. The van der Waals surface area contributed by atoms with Gasteiger partial charge in [-0.05, 0) is 53.1 Å². The molecular weight excluding hydrogens is 355 g/mol. The molecule has 1 atom stereocenters. The van der Waals surface area contributed by atoms with Crippen LogP contribution < -0.4 is 5.32 Å². The van der Waals surface area contributed by atoms with E-state index in [4.69, 9.17) is 5.11 Å². The molecule has 0 fully saturated rings. The van der Waals surface area contributed by atoms with Crippen LogP contribution in [0.1, 0.15) is 22.8 Å². The van der Waals surface area contributed by atoms with Crippen LogP contribution in [0.2, 0.25) is 0 Å². The smallest absolute Gasteiger partial charge is 0.394 e. The molecule has 0 unspecified atom stereocenters. The fourth-order valence-electron chi connectivity index (χ4n) is 2.87. The average molecular weight is 373 g/mol. The number of fused-ring (bicyclic) bond motifs is 1. The molecule has 0 spiro atoms. The third kappa shape index (κ3) is 4.11. The van der Waals surface area contributed by atoms with Gasteiger partial charge in [0.05, 0.1) is 12.2 Å². The SMILES string of the molecule is C[C@@H](CO)NC(=O)c1ccc2c(-c3ccc(C(F)(F)F)cc3)cccc2c1. The Morgan fingerprint density at radius 2 is 1.78 bits per heavy atom. The number of benzene rings is 3. The van der Waals surface area contributed by atoms with Crippen molar-refractivity contribution in [2.24, 2.45) is 0 Å². The monoisotopic (exact) mass is 373 g/mol. The van der Waals surface area contributed by atoms with Gasteiger partial charge in [-0.3, -0.25) is 4.79 Å². The topological polar surface area (TPSA) is 49.3 Å². The van der Waals surface area contributed by atoms with Crippen LogP contribution in [0.25, 0.3) is 21.9 Å². The van der Waals surface area contributed by atoms with E-state index in [0.29, 0.717) is 11.1 Å². The van der Waals surface area contributed by atoms with Crippen molar-refractivity contribution in [2.75, 3.05) is 6.61 Å². The highest BCUT2D eigenvalue weighted by molar-refractivity contribution is 6.02. The lowest BCUT2D eigenvalue weighted by molar-refractivity contribution is -0.137. The van der Waals surface area contributed by atoms with Crippen LogP contribution in [0.4, 0.5) is 13.2 Å². The molecule has 140 valence electrons. The van der Waals surface area contributed by atoms with E-state index in [2.05, 4.69) is 5.32 Å². The fraction of sp³-hybridized carbons (Fsp3) is 0.190. The van der Waals surface area contributed by atoms with Crippen LogP contribution in [0.3, 0.4) is 0 Å². The largest absolute Gasteiger partial charge is 0.416 e. The standard InChI is InChI=1S/C21H18F3NO2/c1-13(12-26)25-20(27)16-7-10-19-15(11-16)3-2-4-18(19)14-5-8-17(9-6-14)21(22,23)24/h2-11,13,26H,12H2,1H3,(H,25,27)/t13-/m0/s1. The summed E-state index contributed by atoms with van der Waals surface area (Å²) in [4.78, 5) is 12.2. The Bertz CT molecular complexity index is 965. The number of alkyl halides is 3. The second kappa shape index (κ2) is 7.40. The first kappa shape index (κ1) is 18.9. The van der Waals surface area contributed by atoms with Gasteiger partial charge in [0.25, 0.3) is 5.91 Å². The molecule has 3 aromatic rings. The summed E-state index contributed by atoms with van der Waals surface area (Å²) < 4.78 is 38.3.